The molecule has 0 aliphatic rings. The molecule has 3 aromatic rings. The molecule has 1 atom stereocenters. The molecule has 0 fully saturated rings. The van der Waals surface area contributed by atoms with Crippen molar-refractivity contribution in [1.82, 2.24) is 10.3 Å². The molecule has 1 N–H and O–H groups in total. The summed E-state index contributed by atoms with van der Waals surface area (Å²) in [4.78, 5) is 16.6. The van der Waals surface area contributed by atoms with Gasteiger partial charge in [0.25, 0.3) is 5.91 Å². The summed E-state index contributed by atoms with van der Waals surface area (Å²) in [5, 5.41) is 1.80. The monoisotopic (exact) mass is 366 g/mol. The zero-order valence-electron chi connectivity index (χ0n) is 13.9. The summed E-state index contributed by atoms with van der Waals surface area (Å²) >= 11 is 0. The van der Waals surface area contributed by atoms with Crippen LogP contribution < -0.4 is 5.32 Å². The van der Waals surface area contributed by atoms with Gasteiger partial charge in [-0.15, -0.1) is 0 Å². The SMILES string of the molecule is O=C(NCC(c1cccnc1)S(=O)(=O)c1ccccc1)c1ccccc1. The average Bonchev–Trinajstić information content (AvgIpc) is 2.70. The largest absolute Gasteiger partial charge is 0.350 e. The first-order chi connectivity index (χ1) is 12.6. The third kappa shape index (κ3) is 3.97. The smallest absolute Gasteiger partial charge is 0.251 e. The Labute approximate surface area is 152 Å². The van der Waals surface area contributed by atoms with Crippen LogP contribution >= 0.6 is 0 Å². The van der Waals surface area contributed by atoms with E-state index >= 15 is 0 Å². The maximum absolute atomic E-state index is 13.1. The van der Waals surface area contributed by atoms with Crippen molar-refractivity contribution in [2.75, 3.05) is 6.54 Å². The Morgan fingerprint density at radius 1 is 0.923 bits per heavy atom. The first-order valence-corrected chi connectivity index (χ1v) is 9.66. The van der Waals surface area contributed by atoms with Gasteiger partial charge in [0.2, 0.25) is 0 Å². The molecule has 3 rings (SSSR count). The van der Waals surface area contributed by atoms with E-state index in [2.05, 4.69) is 10.3 Å². The predicted molar refractivity (Wildman–Crippen MR) is 99.4 cm³/mol. The lowest BCUT2D eigenvalue weighted by Gasteiger charge is -2.18. The molecule has 1 unspecified atom stereocenters. The molecule has 5 nitrogen and oxygen atoms in total. The Balaban J connectivity index is 1.89. The molecular formula is C20H18N2O3S. The van der Waals surface area contributed by atoms with Crippen LogP contribution in [0.15, 0.2) is 90.1 Å². The number of carbonyl (C=O) groups is 1. The van der Waals surface area contributed by atoms with Gasteiger partial charge in [-0.1, -0.05) is 42.5 Å². The average molecular weight is 366 g/mol. The fourth-order valence-corrected chi connectivity index (χ4v) is 4.29. The highest BCUT2D eigenvalue weighted by Gasteiger charge is 2.29. The lowest BCUT2D eigenvalue weighted by molar-refractivity contribution is 0.0953. The van der Waals surface area contributed by atoms with E-state index in [-0.39, 0.29) is 17.3 Å². The molecular weight excluding hydrogens is 348 g/mol. The van der Waals surface area contributed by atoms with Gasteiger partial charge >= 0.3 is 0 Å². The molecule has 1 heterocycles. The zero-order valence-corrected chi connectivity index (χ0v) is 14.8. The van der Waals surface area contributed by atoms with E-state index in [1.165, 1.54) is 6.20 Å². The number of nitrogens with one attached hydrogen (secondary N) is 1. The van der Waals surface area contributed by atoms with Crippen molar-refractivity contribution in [3.05, 3.63) is 96.3 Å². The highest BCUT2D eigenvalue weighted by molar-refractivity contribution is 7.91. The molecule has 6 heteroatoms. The summed E-state index contributed by atoms with van der Waals surface area (Å²) < 4.78 is 26.2. The number of benzene rings is 2. The Morgan fingerprint density at radius 3 is 2.19 bits per heavy atom. The molecule has 0 aliphatic carbocycles. The minimum absolute atomic E-state index is 0.0450. The molecule has 2 aromatic carbocycles. The van der Waals surface area contributed by atoms with Crippen molar-refractivity contribution < 1.29 is 13.2 Å². The van der Waals surface area contributed by atoms with Gasteiger partial charge in [-0.2, -0.15) is 0 Å². The molecule has 1 aromatic heterocycles. The molecule has 1 amide bonds. The third-order valence-corrected chi connectivity index (χ3v) is 6.10. The van der Waals surface area contributed by atoms with Crippen LogP contribution in [0.5, 0.6) is 0 Å². The highest BCUT2D eigenvalue weighted by atomic mass is 32.2. The number of hydrogen-bond donors (Lipinski definition) is 1. The Morgan fingerprint density at radius 2 is 1.58 bits per heavy atom. The van der Waals surface area contributed by atoms with Gasteiger partial charge in [-0.3, -0.25) is 9.78 Å². The summed E-state index contributed by atoms with van der Waals surface area (Å²) in [6.45, 7) is -0.0450. The molecule has 0 bridgehead atoms. The summed E-state index contributed by atoms with van der Waals surface area (Å²) in [5.74, 6) is -0.317. The number of pyridine rings is 1. The van der Waals surface area contributed by atoms with Crippen molar-refractivity contribution in [2.24, 2.45) is 0 Å². The van der Waals surface area contributed by atoms with E-state index in [9.17, 15) is 13.2 Å². The molecule has 132 valence electrons. The van der Waals surface area contributed by atoms with Crippen LogP contribution in [-0.4, -0.2) is 25.9 Å². The Bertz CT molecular complexity index is 960. The Kier molecular flexibility index (Phi) is 5.43. The van der Waals surface area contributed by atoms with E-state index in [0.29, 0.717) is 11.1 Å². The molecule has 0 saturated heterocycles. The summed E-state index contributed by atoms with van der Waals surface area (Å²) in [6, 6.07) is 20.3. The number of hydrogen-bond acceptors (Lipinski definition) is 4. The number of carbonyl (C=O) groups excluding carboxylic acids is 1. The quantitative estimate of drug-likeness (QED) is 0.727. The van der Waals surface area contributed by atoms with Crippen molar-refractivity contribution in [1.29, 1.82) is 0 Å². The van der Waals surface area contributed by atoms with Crippen LogP contribution in [0.2, 0.25) is 0 Å². The second-order valence-corrected chi connectivity index (χ2v) is 7.84. The van der Waals surface area contributed by atoms with Gasteiger partial charge in [0.1, 0.15) is 5.25 Å². The molecule has 0 saturated carbocycles. The van der Waals surface area contributed by atoms with E-state index < -0.39 is 15.1 Å². The topological polar surface area (TPSA) is 76.1 Å². The zero-order chi connectivity index (χ0) is 18.4. The van der Waals surface area contributed by atoms with Gasteiger partial charge in [-0.05, 0) is 35.9 Å². The molecule has 0 radical (unpaired) electrons. The summed E-state index contributed by atoms with van der Waals surface area (Å²) in [7, 11) is -3.69. The third-order valence-electron chi connectivity index (χ3n) is 3.99. The predicted octanol–water partition coefficient (Wildman–Crippen LogP) is 3.03. The van der Waals surface area contributed by atoms with Gasteiger partial charge in [0.15, 0.2) is 9.84 Å². The first kappa shape index (κ1) is 17.8. The molecule has 0 aliphatic heterocycles. The first-order valence-electron chi connectivity index (χ1n) is 8.11. The van der Waals surface area contributed by atoms with Crippen LogP contribution in [0.3, 0.4) is 0 Å². The van der Waals surface area contributed by atoms with Crippen molar-refractivity contribution >= 4 is 15.7 Å². The van der Waals surface area contributed by atoms with Crippen molar-refractivity contribution in [3.8, 4) is 0 Å². The number of sulfone groups is 1. The van der Waals surface area contributed by atoms with Gasteiger partial charge in [0, 0.05) is 24.5 Å². The maximum Gasteiger partial charge on any atom is 0.251 e. The second-order valence-electron chi connectivity index (χ2n) is 5.71. The standard InChI is InChI=1S/C20H18N2O3S/c23-20(16-8-3-1-4-9-16)22-15-19(17-10-7-13-21-14-17)26(24,25)18-11-5-2-6-12-18/h1-14,19H,15H2,(H,22,23). The molecule has 26 heavy (non-hydrogen) atoms. The van der Waals surface area contributed by atoms with Crippen LogP contribution in [0.25, 0.3) is 0 Å². The van der Waals surface area contributed by atoms with E-state index in [4.69, 9.17) is 0 Å². The summed E-state index contributed by atoms with van der Waals surface area (Å²) in [5.41, 5.74) is 1.01. The minimum atomic E-state index is -3.69. The van der Waals surface area contributed by atoms with Crippen LogP contribution in [-0.2, 0) is 9.84 Å². The fraction of sp³-hybridized carbons (Fsp3) is 0.100. The van der Waals surface area contributed by atoms with Gasteiger partial charge in [0.05, 0.1) is 4.90 Å². The van der Waals surface area contributed by atoms with Gasteiger partial charge in [-0.25, -0.2) is 8.42 Å². The normalized spacial score (nSPS) is 12.3. The lowest BCUT2D eigenvalue weighted by atomic mass is 10.2. The minimum Gasteiger partial charge on any atom is -0.350 e. The van der Waals surface area contributed by atoms with Crippen LogP contribution in [0, 0.1) is 0 Å². The van der Waals surface area contributed by atoms with Crippen LogP contribution in [0.4, 0.5) is 0 Å². The van der Waals surface area contributed by atoms with Gasteiger partial charge < -0.3 is 5.32 Å². The van der Waals surface area contributed by atoms with E-state index in [1.54, 1.807) is 72.9 Å². The van der Waals surface area contributed by atoms with Crippen LogP contribution in [0.1, 0.15) is 21.2 Å². The van der Waals surface area contributed by atoms with E-state index in [0.717, 1.165) is 0 Å². The number of aromatic nitrogens is 1. The van der Waals surface area contributed by atoms with Crippen molar-refractivity contribution in [2.45, 2.75) is 10.1 Å². The summed E-state index contributed by atoms with van der Waals surface area (Å²) in [6.07, 6.45) is 3.10. The number of nitrogens with zero attached hydrogens (tertiary/aromatic N) is 1. The lowest BCUT2D eigenvalue weighted by Crippen LogP contribution is -2.32. The second kappa shape index (κ2) is 7.93. The maximum atomic E-state index is 13.1. The van der Waals surface area contributed by atoms with E-state index in [1.807, 2.05) is 6.07 Å². The highest BCUT2D eigenvalue weighted by Crippen LogP contribution is 2.28. The molecule has 0 spiro atoms. The number of amides is 1. The van der Waals surface area contributed by atoms with Crippen molar-refractivity contribution in [3.63, 3.8) is 0 Å². The number of rotatable bonds is 6. The fourth-order valence-electron chi connectivity index (χ4n) is 2.62. The Hall–Kier alpha value is -2.99.